The molecule has 210 valence electrons. The first kappa shape index (κ1) is 29.8. The van der Waals surface area contributed by atoms with Crippen molar-refractivity contribution < 1.29 is 38.2 Å². The van der Waals surface area contributed by atoms with Crippen LogP contribution in [0.15, 0.2) is 75.2 Å². The van der Waals surface area contributed by atoms with Crippen LogP contribution in [0.4, 0.5) is 0 Å². The van der Waals surface area contributed by atoms with E-state index in [0.717, 1.165) is 14.3 Å². The Morgan fingerprint density at radius 2 is 1.80 bits per heavy atom. The predicted octanol–water partition coefficient (Wildman–Crippen LogP) is 3.16. The van der Waals surface area contributed by atoms with Crippen LogP contribution in [0, 0.1) is 0 Å². The molecule has 0 aromatic heterocycles. The molecule has 0 aliphatic carbocycles. The number of benzene rings is 2. The number of ketones is 1. The smallest absolute Gasteiger partial charge is 0.355 e. The number of amides is 2. The fraction of sp³-hybridized carbons (Fsp3) is 0.296. The summed E-state index contributed by atoms with van der Waals surface area (Å²) in [5.41, 5.74) is -1.16. The third kappa shape index (κ3) is 6.43. The predicted molar refractivity (Wildman–Crippen MR) is 151 cm³/mol. The number of β-lactam (4-membered cyclic amide) rings is 1. The van der Waals surface area contributed by atoms with Crippen molar-refractivity contribution in [2.45, 2.75) is 22.9 Å². The molecule has 0 unspecified atom stereocenters. The maximum Gasteiger partial charge on any atom is 0.355 e. The number of fused-ring (bicyclic) bond motifs is 1. The molecule has 2 aromatic carbocycles. The van der Waals surface area contributed by atoms with Crippen molar-refractivity contribution in [1.29, 1.82) is 0 Å². The number of nitrogens with zero attached hydrogens (tertiary/aromatic N) is 1. The zero-order valence-corrected chi connectivity index (χ0v) is 24.7. The number of carbonyl (C=O) groups excluding carboxylic acids is 5. The van der Waals surface area contributed by atoms with Crippen LogP contribution in [-0.2, 0) is 33.4 Å². The fourth-order valence-corrected chi connectivity index (χ4v) is 6.46. The van der Waals surface area contributed by atoms with Crippen molar-refractivity contribution in [3.8, 4) is 0 Å². The van der Waals surface area contributed by atoms with Gasteiger partial charge in [0.15, 0.2) is 12.4 Å². The van der Waals surface area contributed by atoms with Crippen LogP contribution in [0.3, 0.4) is 0 Å². The minimum absolute atomic E-state index is 0.0421. The molecule has 40 heavy (non-hydrogen) atoms. The molecule has 0 bridgehead atoms. The Kier molecular flexibility index (Phi) is 9.72. The molecule has 1 saturated heterocycles. The Morgan fingerprint density at radius 3 is 2.45 bits per heavy atom. The van der Waals surface area contributed by atoms with Gasteiger partial charge in [0.2, 0.25) is 5.91 Å². The number of ether oxygens (including phenoxy) is 3. The minimum Gasteiger partial charge on any atom is -0.461 e. The number of carbonyl (C=O) groups is 5. The Hall–Kier alpha value is -3.13. The zero-order valence-electron chi connectivity index (χ0n) is 21.5. The summed E-state index contributed by atoms with van der Waals surface area (Å²) in [5, 5.41) is 1.90. The lowest BCUT2D eigenvalue weighted by molar-refractivity contribution is -0.192. The van der Waals surface area contributed by atoms with Gasteiger partial charge in [0.1, 0.15) is 17.7 Å². The zero-order chi connectivity index (χ0) is 28.9. The van der Waals surface area contributed by atoms with Crippen molar-refractivity contribution in [1.82, 2.24) is 10.2 Å². The van der Waals surface area contributed by atoms with E-state index >= 15 is 0 Å². The molecule has 2 heterocycles. The van der Waals surface area contributed by atoms with Gasteiger partial charge in [-0.2, -0.15) is 0 Å². The SMILES string of the molecule is CO[C@@]1(NC(=O)CSc2ccccc2)C(=O)N2C(C(=O)OCC(=O)c3ccc(Br)cc3)=C(COC(C)=O)CS[C@H]21. The number of halogens is 1. The molecule has 13 heteroatoms. The monoisotopic (exact) mass is 648 g/mol. The Bertz CT molecular complexity index is 1350. The van der Waals surface area contributed by atoms with Crippen molar-refractivity contribution >= 4 is 69.0 Å². The maximum absolute atomic E-state index is 13.5. The van der Waals surface area contributed by atoms with Crippen molar-refractivity contribution in [3.63, 3.8) is 0 Å². The number of hydrogen-bond donors (Lipinski definition) is 1. The second-order valence-electron chi connectivity index (χ2n) is 8.67. The van der Waals surface area contributed by atoms with Crippen LogP contribution < -0.4 is 5.32 Å². The van der Waals surface area contributed by atoms with Crippen molar-refractivity contribution in [2.75, 3.05) is 31.8 Å². The molecular formula is C27H25BrN2O8S2. The minimum atomic E-state index is -1.70. The molecule has 0 radical (unpaired) electrons. The Morgan fingerprint density at radius 1 is 1.10 bits per heavy atom. The summed E-state index contributed by atoms with van der Waals surface area (Å²) in [4.78, 5) is 65.6. The van der Waals surface area contributed by atoms with Crippen molar-refractivity contribution in [3.05, 3.63) is 75.9 Å². The highest BCUT2D eigenvalue weighted by molar-refractivity contribution is 9.10. The molecule has 0 saturated carbocycles. The van der Waals surface area contributed by atoms with E-state index in [9.17, 15) is 24.0 Å². The van der Waals surface area contributed by atoms with E-state index < -0.39 is 47.2 Å². The summed E-state index contributed by atoms with van der Waals surface area (Å²) in [5.74, 6) is -2.81. The van der Waals surface area contributed by atoms with Crippen LogP contribution >= 0.6 is 39.5 Å². The number of methoxy groups -OCH3 is 1. The number of rotatable bonds is 11. The third-order valence-electron chi connectivity index (χ3n) is 6.01. The maximum atomic E-state index is 13.5. The summed E-state index contributed by atoms with van der Waals surface area (Å²) < 4.78 is 16.7. The summed E-state index contributed by atoms with van der Waals surface area (Å²) in [7, 11) is 1.30. The summed E-state index contributed by atoms with van der Waals surface area (Å²) in [6.45, 7) is 0.416. The normalized spacial score (nSPS) is 19.8. The molecule has 2 aliphatic rings. The Labute approximate surface area is 247 Å². The standard InChI is InChI=1S/C27H25BrN2O8S2/c1-16(31)37-12-18-14-40-26-27(36-2,29-22(33)15-39-20-6-4-3-5-7-20)25(35)30(26)23(18)24(34)38-13-21(32)17-8-10-19(28)11-9-17/h3-11,26H,12-15H2,1-2H3,(H,29,33)/t26-,27-/m0/s1. The van der Waals surface area contributed by atoms with Gasteiger partial charge in [0, 0.05) is 40.3 Å². The van der Waals surface area contributed by atoms with Gasteiger partial charge in [0.05, 0.1) is 5.75 Å². The fourth-order valence-electron chi connectivity index (χ4n) is 4.06. The van der Waals surface area contributed by atoms with E-state index in [1.54, 1.807) is 24.3 Å². The third-order valence-corrected chi connectivity index (χ3v) is 8.93. The largest absolute Gasteiger partial charge is 0.461 e. The van der Waals surface area contributed by atoms with Gasteiger partial charge in [-0.15, -0.1) is 23.5 Å². The summed E-state index contributed by atoms with van der Waals surface area (Å²) >= 11 is 5.84. The second kappa shape index (κ2) is 13.0. The number of thioether (sulfide) groups is 2. The molecule has 4 rings (SSSR count). The Balaban J connectivity index is 1.50. The van der Waals surface area contributed by atoms with Crippen molar-refractivity contribution in [2.24, 2.45) is 0 Å². The molecule has 2 amide bonds. The highest BCUT2D eigenvalue weighted by atomic mass is 79.9. The first-order chi connectivity index (χ1) is 19.2. The van der Waals surface area contributed by atoms with Crippen LogP contribution in [0.25, 0.3) is 0 Å². The molecular weight excluding hydrogens is 624 g/mol. The molecule has 1 N–H and O–H groups in total. The van der Waals surface area contributed by atoms with E-state index in [0.29, 0.717) is 11.1 Å². The van der Waals surface area contributed by atoms with Gasteiger partial charge in [-0.3, -0.25) is 24.1 Å². The van der Waals surface area contributed by atoms with Crippen LogP contribution in [0.1, 0.15) is 17.3 Å². The molecule has 0 spiro atoms. The topological polar surface area (TPSA) is 128 Å². The lowest BCUT2D eigenvalue weighted by Crippen LogP contribution is -2.80. The van der Waals surface area contributed by atoms with E-state index in [-0.39, 0.29) is 23.8 Å². The van der Waals surface area contributed by atoms with Crippen LogP contribution in [0.5, 0.6) is 0 Å². The van der Waals surface area contributed by atoms with Crippen LogP contribution in [0.2, 0.25) is 0 Å². The van der Waals surface area contributed by atoms with E-state index in [2.05, 4.69) is 21.2 Å². The van der Waals surface area contributed by atoms with Gasteiger partial charge in [-0.1, -0.05) is 46.3 Å². The van der Waals surface area contributed by atoms with Gasteiger partial charge < -0.3 is 19.5 Å². The van der Waals surface area contributed by atoms with Gasteiger partial charge >= 0.3 is 11.9 Å². The quantitative estimate of drug-likeness (QED) is 0.128. The van der Waals surface area contributed by atoms with Gasteiger partial charge in [-0.05, 0) is 24.3 Å². The molecule has 2 aromatic rings. The molecule has 10 nitrogen and oxygen atoms in total. The lowest BCUT2D eigenvalue weighted by Gasteiger charge is -2.55. The molecule has 2 aliphatic heterocycles. The second-order valence-corrected chi connectivity index (χ2v) is 11.7. The number of esters is 2. The summed E-state index contributed by atoms with van der Waals surface area (Å²) in [6, 6.07) is 15.9. The average Bonchev–Trinajstić information content (AvgIpc) is 2.96. The molecule has 1 fully saturated rings. The highest BCUT2D eigenvalue weighted by Gasteiger charge is 2.66. The van der Waals surface area contributed by atoms with Crippen LogP contribution in [-0.4, -0.2) is 77.4 Å². The lowest BCUT2D eigenvalue weighted by atomic mass is 9.98. The van der Waals surface area contributed by atoms with E-state index in [4.69, 9.17) is 14.2 Å². The van der Waals surface area contributed by atoms with Gasteiger partial charge in [0.25, 0.3) is 11.6 Å². The van der Waals surface area contributed by atoms with E-state index in [1.807, 2.05) is 30.3 Å². The highest BCUT2D eigenvalue weighted by Crippen LogP contribution is 2.47. The first-order valence-corrected chi connectivity index (χ1v) is 14.8. The number of nitrogens with one attached hydrogen (secondary N) is 1. The first-order valence-electron chi connectivity index (χ1n) is 12.0. The van der Waals surface area contributed by atoms with E-state index in [1.165, 1.54) is 37.6 Å². The summed E-state index contributed by atoms with van der Waals surface area (Å²) in [6.07, 6.45) is 0. The molecule has 2 atom stereocenters. The van der Waals surface area contributed by atoms with Gasteiger partial charge in [-0.25, -0.2) is 4.79 Å². The average molecular weight is 650 g/mol. The number of hydrogen-bond acceptors (Lipinski definition) is 10. The number of Topliss-reactive ketones (excluding diaryl/α,β-unsaturated/α-hetero) is 1.